The largest absolute Gasteiger partial charge is 0.482 e. The van der Waals surface area contributed by atoms with Crippen LogP contribution in [-0.2, 0) is 33.4 Å². The fraction of sp³-hybridized carbons (Fsp3) is 0.190. The molecule has 0 spiro atoms. The van der Waals surface area contributed by atoms with Crippen LogP contribution in [0.15, 0.2) is 118 Å². The lowest BCUT2D eigenvalue weighted by Crippen LogP contribution is -2.09. The van der Waals surface area contributed by atoms with Gasteiger partial charge in [-0.3, -0.25) is 0 Å². The smallest absolute Gasteiger partial charge is 0.416 e. The summed E-state index contributed by atoms with van der Waals surface area (Å²) in [5, 5.41) is 19.4. The molecular formula is C42H34F6O6S4. The third-order valence-corrected chi connectivity index (χ3v) is 12.5. The van der Waals surface area contributed by atoms with Crippen LogP contribution in [0.1, 0.15) is 32.7 Å². The molecule has 0 fully saturated rings. The highest BCUT2D eigenvalue weighted by Crippen LogP contribution is 2.37. The molecule has 2 heterocycles. The first-order chi connectivity index (χ1) is 27.4. The fourth-order valence-corrected chi connectivity index (χ4v) is 9.21. The van der Waals surface area contributed by atoms with Crippen LogP contribution < -0.4 is 9.47 Å². The molecule has 0 aliphatic heterocycles. The fourth-order valence-electron chi connectivity index (χ4n) is 5.21. The molecule has 6 nitrogen and oxygen atoms in total. The summed E-state index contributed by atoms with van der Waals surface area (Å²) < 4.78 is 86.6. The van der Waals surface area contributed by atoms with Crippen LogP contribution in [0.4, 0.5) is 26.3 Å². The van der Waals surface area contributed by atoms with Gasteiger partial charge in [0.2, 0.25) is 0 Å². The maximum Gasteiger partial charge on any atom is 0.416 e. The van der Waals surface area contributed by atoms with E-state index in [2.05, 4.69) is 0 Å². The van der Waals surface area contributed by atoms with E-state index in [-0.39, 0.29) is 13.2 Å². The van der Waals surface area contributed by atoms with Gasteiger partial charge < -0.3 is 19.7 Å². The van der Waals surface area contributed by atoms with E-state index in [4.69, 9.17) is 19.7 Å². The van der Waals surface area contributed by atoms with E-state index in [9.17, 15) is 35.9 Å². The van der Waals surface area contributed by atoms with E-state index in [1.807, 2.05) is 61.7 Å². The van der Waals surface area contributed by atoms with Gasteiger partial charge in [0.05, 0.1) is 11.1 Å². The Morgan fingerprint density at radius 3 is 1.52 bits per heavy atom. The van der Waals surface area contributed by atoms with E-state index >= 15 is 0 Å². The van der Waals surface area contributed by atoms with E-state index in [0.29, 0.717) is 17.3 Å². The van der Waals surface area contributed by atoms with Crippen molar-refractivity contribution in [3.05, 3.63) is 141 Å². The maximum absolute atomic E-state index is 12.7. The molecule has 0 aliphatic rings. The second kappa shape index (κ2) is 19.7. The van der Waals surface area contributed by atoms with Gasteiger partial charge in [-0.05, 0) is 126 Å². The van der Waals surface area contributed by atoms with Crippen molar-refractivity contribution in [2.45, 2.75) is 47.5 Å². The Bertz CT molecular complexity index is 2150. The molecule has 304 valence electrons. The van der Waals surface area contributed by atoms with Crippen LogP contribution in [0.25, 0.3) is 20.9 Å². The van der Waals surface area contributed by atoms with Crippen molar-refractivity contribution in [3.8, 4) is 32.4 Å². The monoisotopic (exact) mass is 876 g/mol. The van der Waals surface area contributed by atoms with E-state index in [1.165, 1.54) is 35.6 Å². The maximum atomic E-state index is 12.7. The molecule has 16 heteroatoms. The summed E-state index contributed by atoms with van der Waals surface area (Å²) in [6.45, 7) is 2.95. The highest BCUT2D eigenvalue weighted by molar-refractivity contribution is 7.98. The molecule has 0 amide bonds. The molecular weight excluding hydrogens is 843 g/mol. The molecule has 0 atom stereocenters. The quantitative estimate of drug-likeness (QED) is 0.0826. The predicted molar refractivity (Wildman–Crippen MR) is 217 cm³/mol. The standard InChI is InChI=1S/2C21H17F3O3S2/c1-13-10-16(6-8-18(13)27-11-20(25)26)28-12-17-7-9-19(29-17)14-2-4-15(5-3-14)21(22,23)24;1-13-8-17(6-7-18(13)27-10-20(25)26)28-11-14-9-19(29-12-14)15-2-4-16(5-3-15)21(22,23)24/h2-10H,11-12H2,1H3,(H,25,26);2-9,12H,10-11H2,1H3,(H,25,26). The highest BCUT2D eigenvalue weighted by atomic mass is 32.2. The molecule has 58 heavy (non-hydrogen) atoms. The van der Waals surface area contributed by atoms with Gasteiger partial charge in [0.1, 0.15) is 11.5 Å². The number of carboxylic acids is 2. The Morgan fingerprint density at radius 2 is 1.07 bits per heavy atom. The van der Waals surface area contributed by atoms with Crippen LogP contribution in [0, 0.1) is 13.8 Å². The molecule has 0 saturated heterocycles. The topological polar surface area (TPSA) is 93.1 Å². The predicted octanol–water partition coefficient (Wildman–Crippen LogP) is 13.0. The molecule has 0 bridgehead atoms. The number of rotatable bonds is 14. The normalized spacial score (nSPS) is 11.4. The molecule has 6 rings (SSSR count). The first kappa shape index (κ1) is 44.2. The lowest BCUT2D eigenvalue weighted by molar-refractivity contribution is -0.140. The lowest BCUT2D eigenvalue weighted by atomic mass is 10.1. The number of ether oxygens (including phenoxy) is 2. The van der Waals surface area contributed by atoms with E-state index in [0.717, 1.165) is 82.3 Å². The zero-order valence-corrected chi connectivity index (χ0v) is 33.9. The minimum Gasteiger partial charge on any atom is -0.482 e. The second-order valence-corrected chi connectivity index (χ2v) is 16.7. The number of thiophene rings is 2. The van der Waals surface area contributed by atoms with Crippen LogP contribution in [0.3, 0.4) is 0 Å². The third-order valence-electron chi connectivity index (χ3n) is 8.09. The van der Waals surface area contributed by atoms with Crippen molar-refractivity contribution >= 4 is 58.1 Å². The number of aliphatic carboxylic acids is 2. The summed E-state index contributed by atoms with van der Waals surface area (Å²) in [4.78, 5) is 26.2. The highest BCUT2D eigenvalue weighted by Gasteiger charge is 2.31. The Kier molecular flexibility index (Phi) is 15.0. The summed E-state index contributed by atoms with van der Waals surface area (Å²) in [6.07, 6.45) is -8.66. The van der Waals surface area contributed by atoms with Gasteiger partial charge in [-0.2, -0.15) is 26.3 Å². The molecule has 6 aromatic rings. The number of alkyl halides is 6. The number of carbonyl (C=O) groups is 2. The van der Waals surface area contributed by atoms with E-state index < -0.39 is 35.4 Å². The number of benzene rings is 4. The van der Waals surface area contributed by atoms with Crippen molar-refractivity contribution in [1.29, 1.82) is 0 Å². The van der Waals surface area contributed by atoms with Gasteiger partial charge in [-0.25, -0.2) is 9.59 Å². The summed E-state index contributed by atoms with van der Waals surface area (Å²) in [5.41, 5.74) is 3.00. The average molecular weight is 877 g/mol. The van der Waals surface area contributed by atoms with Gasteiger partial charge >= 0.3 is 24.3 Å². The van der Waals surface area contributed by atoms with Gasteiger partial charge in [-0.15, -0.1) is 46.2 Å². The Labute approximate surface area is 346 Å². The number of thioether (sulfide) groups is 2. The molecule has 2 aromatic heterocycles. The van der Waals surface area contributed by atoms with Gasteiger partial charge in [0.15, 0.2) is 13.2 Å². The molecule has 4 aromatic carbocycles. The van der Waals surface area contributed by atoms with Crippen molar-refractivity contribution in [1.82, 2.24) is 0 Å². The van der Waals surface area contributed by atoms with Crippen molar-refractivity contribution in [2.24, 2.45) is 0 Å². The number of aryl methyl sites for hydroxylation is 2. The zero-order valence-electron chi connectivity index (χ0n) is 30.6. The molecule has 0 aliphatic carbocycles. The number of hydrogen-bond acceptors (Lipinski definition) is 8. The van der Waals surface area contributed by atoms with Gasteiger partial charge in [0.25, 0.3) is 0 Å². The lowest BCUT2D eigenvalue weighted by Gasteiger charge is -2.08. The minimum atomic E-state index is -4.33. The van der Waals surface area contributed by atoms with E-state index in [1.54, 1.807) is 47.0 Å². The summed E-state index contributed by atoms with van der Waals surface area (Å²) in [5.74, 6) is 0.467. The SMILES string of the molecule is Cc1cc(SCc2ccc(-c3ccc(C(F)(F)F)cc3)s2)ccc1OCC(=O)O.Cc1cc(SCc2csc(-c3ccc(C(F)(F)F)cc3)c2)ccc1OCC(=O)O. The second-order valence-electron chi connectivity index (χ2n) is 12.5. The summed E-state index contributed by atoms with van der Waals surface area (Å²) >= 11 is 6.29. The van der Waals surface area contributed by atoms with Crippen molar-refractivity contribution < 1.29 is 55.6 Å². The molecule has 0 radical (unpaired) electrons. The van der Waals surface area contributed by atoms with Crippen LogP contribution >= 0.6 is 46.2 Å². The van der Waals surface area contributed by atoms with Crippen molar-refractivity contribution in [3.63, 3.8) is 0 Å². The first-order valence-corrected chi connectivity index (χ1v) is 20.8. The average Bonchev–Trinajstić information content (AvgIpc) is 3.86. The molecule has 0 unspecified atom stereocenters. The molecule has 0 saturated carbocycles. The number of hydrogen-bond donors (Lipinski definition) is 2. The van der Waals surface area contributed by atoms with Gasteiger partial charge in [0, 0.05) is 35.9 Å². The Morgan fingerprint density at radius 1 is 0.603 bits per heavy atom. The first-order valence-electron chi connectivity index (χ1n) is 17.1. The summed E-state index contributed by atoms with van der Waals surface area (Å²) in [7, 11) is 0. The van der Waals surface area contributed by atoms with Gasteiger partial charge in [-0.1, -0.05) is 24.3 Å². The Balaban J connectivity index is 0.000000221. The van der Waals surface area contributed by atoms with Crippen LogP contribution in [0.2, 0.25) is 0 Å². The van der Waals surface area contributed by atoms with Crippen LogP contribution in [-0.4, -0.2) is 35.4 Å². The van der Waals surface area contributed by atoms with Crippen molar-refractivity contribution in [2.75, 3.05) is 13.2 Å². The molecule has 2 N–H and O–H groups in total. The number of carboxylic acid groups (broad SMARTS) is 2. The minimum absolute atomic E-state index is 0.380. The number of halogens is 6. The zero-order chi connectivity index (χ0) is 42.0. The third kappa shape index (κ3) is 13.1. The summed E-state index contributed by atoms with van der Waals surface area (Å²) in [6, 6.07) is 27.3. The van der Waals surface area contributed by atoms with Crippen LogP contribution in [0.5, 0.6) is 11.5 Å². The Hall–Kier alpha value is -4.90.